The topological polar surface area (TPSA) is 202 Å². The Morgan fingerprint density at radius 1 is 1.06 bits per heavy atom. The van der Waals surface area contributed by atoms with Gasteiger partial charge in [0.1, 0.15) is 17.7 Å². The standard InChI is InChI=1S/C25H35N3O8/c26-22(34)16(10-15-6-2-1-3-7-15)28-23(35)25(36)11-17(21(33)18(29)12-25)27-19(30)13-24(14-20(31)32)8-4-5-9-24/h1-3,6-7,16-18,21,29,33,36H,4-5,8-14H2,(H2,26,34)(H,27,30)(H,28,35)(H,31,32)/p-1/t16-,17+,18-,21-,25+/m1/s1. The Labute approximate surface area is 209 Å². The van der Waals surface area contributed by atoms with Crippen molar-refractivity contribution in [1.29, 1.82) is 0 Å². The minimum atomic E-state index is -2.20. The molecule has 0 heterocycles. The number of aliphatic hydroxyl groups excluding tert-OH is 2. The van der Waals surface area contributed by atoms with Crippen molar-refractivity contribution in [2.45, 2.75) is 87.7 Å². The fourth-order valence-electron chi connectivity index (χ4n) is 5.44. The van der Waals surface area contributed by atoms with Crippen LogP contribution in [-0.4, -0.2) is 68.9 Å². The van der Waals surface area contributed by atoms with Gasteiger partial charge in [-0.2, -0.15) is 0 Å². The lowest BCUT2D eigenvalue weighted by molar-refractivity contribution is -0.308. The fraction of sp³-hybridized carbons (Fsp3) is 0.600. The maximum absolute atomic E-state index is 13.0. The molecule has 2 aliphatic carbocycles. The molecule has 1 aromatic rings. The van der Waals surface area contributed by atoms with Gasteiger partial charge >= 0.3 is 0 Å². The Morgan fingerprint density at radius 2 is 1.69 bits per heavy atom. The Hall–Kier alpha value is -3.02. The molecule has 36 heavy (non-hydrogen) atoms. The van der Waals surface area contributed by atoms with E-state index >= 15 is 0 Å². The van der Waals surface area contributed by atoms with Crippen LogP contribution in [0, 0.1) is 5.41 Å². The number of benzene rings is 1. The van der Waals surface area contributed by atoms with Crippen LogP contribution in [0.25, 0.3) is 0 Å². The number of nitrogens with one attached hydrogen (secondary N) is 2. The lowest BCUT2D eigenvalue weighted by Gasteiger charge is -2.42. The average molecular weight is 505 g/mol. The quantitative estimate of drug-likeness (QED) is 0.210. The van der Waals surface area contributed by atoms with Crippen molar-refractivity contribution in [3.8, 4) is 0 Å². The Bertz CT molecular complexity index is 965. The predicted molar refractivity (Wildman–Crippen MR) is 125 cm³/mol. The van der Waals surface area contributed by atoms with Crippen molar-refractivity contribution in [2.24, 2.45) is 11.1 Å². The molecule has 1 aromatic carbocycles. The molecule has 2 fully saturated rings. The molecule has 11 heteroatoms. The summed E-state index contributed by atoms with van der Waals surface area (Å²) >= 11 is 0. The number of hydrogen-bond acceptors (Lipinski definition) is 8. The van der Waals surface area contributed by atoms with Crippen LogP contribution in [0.2, 0.25) is 0 Å². The number of amides is 3. The number of rotatable bonds is 10. The zero-order chi connectivity index (χ0) is 26.5. The molecule has 0 bridgehead atoms. The number of carbonyl (C=O) groups excluding carboxylic acids is 4. The highest BCUT2D eigenvalue weighted by molar-refractivity contribution is 5.91. The summed E-state index contributed by atoms with van der Waals surface area (Å²) in [5, 5.41) is 48.1. The van der Waals surface area contributed by atoms with Gasteiger partial charge in [-0.1, -0.05) is 43.2 Å². The Balaban J connectivity index is 1.68. The van der Waals surface area contributed by atoms with Crippen LogP contribution in [-0.2, 0) is 25.6 Å². The molecule has 2 aliphatic rings. The van der Waals surface area contributed by atoms with Gasteiger partial charge in [0.15, 0.2) is 0 Å². The van der Waals surface area contributed by atoms with E-state index in [1.54, 1.807) is 30.3 Å². The van der Waals surface area contributed by atoms with Gasteiger partial charge in [-0.15, -0.1) is 0 Å². The molecule has 0 radical (unpaired) electrons. The van der Waals surface area contributed by atoms with E-state index in [2.05, 4.69) is 10.6 Å². The van der Waals surface area contributed by atoms with Crippen LogP contribution in [0.15, 0.2) is 30.3 Å². The van der Waals surface area contributed by atoms with Crippen molar-refractivity contribution < 1.29 is 39.6 Å². The normalized spacial score (nSPS) is 28.1. The predicted octanol–water partition coefficient (Wildman–Crippen LogP) is -1.98. The van der Waals surface area contributed by atoms with Crippen molar-refractivity contribution in [3.05, 3.63) is 35.9 Å². The molecule has 3 amide bonds. The highest BCUT2D eigenvalue weighted by Crippen LogP contribution is 2.44. The number of hydrogen-bond donors (Lipinski definition) is 6. The summed E-state index contributed by atoms with van der Waals surface area (Å²) in [6.45, 7) is 0. The smallest absolute Gasteiger partial charge is 0.252 e. The van der Waals surface area contributed by atoms with E-state index in [0.29, 0.717) is 12.8 Å². The molecular weight excluding hydrogens is 470 g/mol. The van der Waals surface area contributed by atoms with Crippen molar-refractivity contribution in [3.63, 3.8) is 0 Å². The molecule has 0 unspecified atom stereocenters. The molecule has 3 rings (SSSR count). The second-order valence-corrected chi connectivity index (χ2v) is 10.2. The van der Waals surface area contributed by atoms with Gasteiger partial charge < -0.3 is 41.6 Å². The number of aliphatic hydroxyl groups is 3. The van der Waals surface area contributed by atoms with Gasteiger partial charge in [0.25, 0.3) is 5.91 Å². The van der Waals surface area contributed by atoms with Crippen molar-refractivity contribution in [1.82, 2.24) is 10.6 Å². The molecule has 0 spiro atoms. The number of nitrogens with two attached hydrogens (primary N) is 1. The van der Waals surface area contributed by atoms with Crippen LogP contribution < -0.4 is 21.5 Å². The van der Waals surface area contributed by atoms with E-state index in [9.17, 15) is 39.6 Å². The molecule has 198 valence electrons. The molecule has 5 atom stereocenters. The van der Waals surface area contributed by atoms with Gasteiger partial charge in [-0.25, -0.2) is 0 Å². The number of aliphatic carboxylic acids is 1. The minimum Gasteiger partial charge on any atom is -0.550 e. The zero-order valence-corrected chi connectivity index (χ0v) is 20.0. The summed E-state index contributed by atoms with van der Waals surface area (Å²) in [7, 11) is 0. The van der Waals surface area contributed by atoms with Crippen LogP contribution in [0.5, 0.6) is 0 Å². The second kappa shape index (κ2) is 11.4. The van der Waals surface area contributed by atoms with Crippen LogP contribution in [0.4, 0.5) is 0 Å². The number of carbonyl (C=O) groups is 4. The monoisotopic (exact) mass is 504 g/mol. The largest absolute Gasteiger partial charge is 0.550 e. The van der Waals surface area contributed by atoms with E-state index in [1.807, 2.05) is 0 Å². The van der Waals surface area contributed by atoms with E-state index in [4.69, 9.17) is 5.73 Å². The maximum atomic E-state index is 13.0. The number of primary amides is 1. The van der Waals surface area contributed by atoms with Gasteiger partial charge in [-0.3, -0.25) is 14.4 Å². The van der Waals surface area contributed by atoms with Crippen LogP contribution >= 0.6 is 0 Å². The molecule has 0 aromatic heterocycles. The van der Waals surface area contributed by atoms with Gasteiger partial charge in [-0.05, 0) is 30.2 Å². The first-order valence-corrected chi connectivity index (χ1v) is 12.1. The van der Waals surface area contributed by atoms with Crippen LogP contribution in [0.1, 0.15) is 56.9 Å². The van der Waals surface area contributed by atoms with Crippen molar-refractivity contribution in [2.75, 3.05) is 0 Å². The van der Waals surface area contributed by atoms with Gasteiger partial charge in [0.05, 0.1) is 12.1 Å². The van der Waals surface area contributed by atoms with E-state index in [1.165, 1.54) is 0 Å². The highest BCUT2D eigenvalue weighted by atomic mass is 16.4. The number of carboxylic acid groups (broad SMARTS) is 1. The summed E-state index contributed by atoms with van der Waals surface area (Å²) < 4.78 is 0. The number of carboxylic acids is 1. The fourth-order valence-corrected chi connectivity index (χ4v) is 5.44. The zero-order valence-electron chi connectivity index (χ0n) is 20.0. The molecule has 11 nitrogen and oxygen atoms in total. The Kier molecular flexibility index (Phi) is 8.70. The Morgan fingerprint density at radius 3 is 2.28 bits per heavy atom. The van der Waals surface area contributed by atoms with Crippen LogP contribution in [0.3, 0.4) is 0 Å². The molecule has 0 aliphatic heterocycles. The molecule has 2 saturated carbocycles. The lowest BCUT2D eigenvalue weighted by Crippen LogP contribution is -2.64. The third-order valence-electron chi connectivity index (χ3n) is 7.33. The third kappa shape index (κ3) is 6.80. The molecular formula is C25H34N3O8-. The van der Waals surface area contributed by atoms with Gasteiger partial charge in [0.2, 0.25) is 11.8 Å². The summed E-state index contributed by atoms with van der Waals surface area (Å²) in [6.07, 6.45) is -1.56. The van der Waals surface area contributed by atoms with Gasteiger partial charge in [0, 0.05) is 31.7 Å². The van der Waals surface area contributed by atoms with E-state index < -0.39 is 71.8 Å². The molecule has 7 N–H and O–H groups in total. The van der Waals surface area contributed by atoms with Crippen molar-refractivity contribution >= 4 is 23.7 Å². The summed E-state index contributed by atoms with van der Waals surface area (Å²) in [5.41, 5.74) is 3.23. The SMILES string of the molecule is NC(=O)[C@@H](Cc1ccccc1)NC(=O)[C@@]1(O)C[C@@H](O)[C@H](O)[C@@H](NC(=O)CC2(CC(=O)[O-])CCCC2)C1. The summed E-state index contributed by atoms with van der Waals surface area (Å²) in [6, 6.07) is 6.50. The first-order chi connectivity index (χ1) is 16.9. The average Bonchev–Trinajstić information content (AvgIpc) is 3.24. The lowest BCUT2D eigenvalue weighted by atomic mass is 9.76. The highest BCUT2D eigenvalue weighted by Gasteiger charge is 2.50. The first-order valence-electron chi connectivity index (χ1n) is 12.1. The maximum Gasteiger partial charge on any atom is 0.252 e. The van der Waals surface area contributed by atoms with E-state index in [0.717, 1.165) is 18.4 Å². The molecule has 0 saturated heterocycles. The first kappa shape index (κ1) is 27.6. The summed E-state index contributed by atoms with van der Waals surface area (Å²) in [4.78, 5) is 49.0. The summed E-state index contributed by atoms with van der Waals surface area (Å²) in [5.74, 6) is -3.58. The second-order valence-electron chi connectivity index (χ2n) is 10.2. The van der Waals surface area contributed by atoms with E-state index in [-0.39, 0.29) is 19.3 Å². The minimum absolute atomic E-state index is 0.0872. The third-order valence-corrected chi connectivity index (χ3v) is 7.33.